The zero-order valence-corrected chi connectivity index (χ0v) is 17.5. The number of carbonyl (C=O) groups is 1. The molecule has 1 N–H and O–H groups in total. The van der Waals surface area contributed by atoms with Crippen molar-refractivity contribution in [2.75, 3.05) is 7.11 Å². The molecule has 0 aliphatic carbocycles. The van der Waals surface area contributed by atoms with Crippen molar-refractivity contribution in [3.8, 4) is 5.75 Å². The van der Waals surface area contributed by atoms with Crippen molar-refractivity contribution in [3.05, 3.63) is 95.6 Å². The lowest BCUT2D eigenvalue weighted by molar-refractivity contribution is -0.121. The van der Waals surface area contributed by atoms with E-state index in [2.05, 4.69) is 5.32 Å². The number of ether oxygens (including phenoxy) is 1. The maximum absolute atomic E-state index is 14.3. The predicted molar refractivity (Wildman–Crippen MR) is 118 cm³/mol. The van der Waals surface area contributed by atoms with Crippen LogP contribution in [0.1, 0.15) is 29.9 Å². The Kier molecular flexibility index (Phi) is 5.98. The van der Waals surface area contributed by atoms with Crippen LogP contribution in [0.3, 0.4) is 0 Å². The first-order valence-electron chi connectivity index (χ1n) is 10.2. The highest BCUT2D eigenvalue weighted by molar-refractivity contribution is 5.80. The predicted octanol–water partition coefficient (Wildman–Crippen LogP) is 4.65. The van der Waals surface area contributed by atoms with Crippen LogP contribution >= 0.6 is 0 Å². The van der Waals surface area contributed by atoms with E-state index in [1.807, 2.05) is 66.1 Å². The average Bonchev–Trinajstić information content (AvgIpc) is 3.14. The normalized spacial score (nSPS) is 12.0. The molecule has 3 aromatic carbocycles. The Labute approximate surface area is 180 Å². The molecule has 0 saturated carbocycles. The standard InChI is InChI=1S/C25H24FN3O2/c1-17(27-24(30)15-18-11-13-20(31-2)14-12-18)25-28-22-9-5-6-10-23(22)29(25)16-19-7-3-4-8-21(19)26/h3-14,17H,15-16H2,1-2H3,(H,27,30). The maximum atomic E-state index is 14.3. The molecule has 1 heterocycles. The van der Waals surface area contributed by atoms with E-state index in [-0.39, 0.29) is 24.2 Å². The lowest BCUT2D eigenvalue weighted by atomic mass is 10.1. The van der Waals surface area contributed by atoms with Crippen molar-refractivity contribution >= 4 is 16.9 Å². The quantitative estimate of drug-likeness (QED) is 0.476. The van der Waals surface area contributed by atoms with E-state index in [0.29, 0.717) is 17.9 Å². The van der Waals surface area contributed by atoms with Gasteiger partial charge in [-0.25, -0.2) is 9.37 Å². The number of hydrogen-bond donors (Lipinski definition) is 1. The first kappa shape index (κ1) is 20.6. The molecule has 1 aromatic heterocycles. The molecule has 0 saturated heterocycles. The topological polar surface area (TPSA) is 56.1 Å². The highest BCUT2D eigenvalue weighted by Crippen LogP contribution is 2.23. The number of nitrogens with one attached hydrogen (secondary N) is 1. The number of aromatic nitrogens is 2. The molecule has 0 radical (unpaired) electrons. The Balaban J connectivity index is 1.57. The van der Waals surface area contributed by atoms with Gasteiger partial charge in [0.15, 0.2) is 0 Å². The summed E-state index contributed by atoms with van der Waals surface area (Å²) in [6.07, 6.45) is 0.252. The van der Waals surface area contributed by atoms with E-state index >= 15 is 0 Å². The summed E-state index contributed by atoms with van der Waals surface area (Å²) in [7, 11) is 1.61. The third-order valence-electron chi connectivity index (χ3n) is 5.26. The third-order valence-corrected chi connectivity index (χ3v) is 5.26. The first-order valence-corrected chi connectivity index (χ1v) is 10.2. The highest BCUT2D eigenvalue weighted by atomic mass is 19.1. The van der Waals surface area contributed by atoms with Crippen molar-refractivity contribution in [1.29, 1.82) is 0 Å². The fourth-order valence-corrected chi connectivity index (χ4v) is 3.67. The Morgan fingerprint density at radius 1 is 1.06 bits per heavy atom. The minimum Gasteiger partial charge on any atom is -0.497 e. The van der Waals surface area contributed by atoms with E-state index < -0.39 is 0 Å². The molecule has 0 aliphatic rings. The first-order chi connectivity index (χ1) is 15.0. The Morgan fingerprint density at radius 3 is 2.52 bits per heavy atom. The molecule has 0 fully saturated rings. The highest BCUT2D eigenvalue weighted by Gasteiger charge is 2.19. The van der Waals surface area contributed by atoms with Crippen LogP contribution in [0.4, 0.5) is 4.39 Å². The summed E-state index contributed by atoms with van der Waals surface area (Å²) in [5, 5.41) is 3.03. The number of halogens is 1. The molecule has 4 aromatic rings. The average molecular weight is 417 g/mol. The number of hydrogen-bond acceptors (Lipinski definition) is 3. The number of amides is 1. The number of methoxy groups -OCH3 is 1. The summed E-state index contributed by atoms with van der Waals surface area (Å²) >= 11 is 0. The molecular formula is C25H24FN3O2. The van der Waals surface area contributed by atoms with Gasteiger partial charge in [-0.3, -0.25) is 4.79 Å². The van der Waals surface area contributed by atoms with E-state index in [1.54, 1.807) is 19.2 Å². The minimum absolute atomic E-state index is 0.109. The molecule has 4 rings (SSSR count). The van der Waals surface area contributed by atoms with Crippen LogP contribution < -0.4 is 10.1 Å². The Bertz CT molecular complexity index is 1200. The molecule has 5 nitrogen and oxygen atoms in total. The largest absolute Gasteiger partial charge is 0.497 e. The Morgan fingerprint density at radius 2 is 1.77 bits per heavy atom. The number of imidazole rings is 1. The van der Waals surface area contributed by atoms with Crippen molar-refractivity contribution in [2.24, 2.45) is 0 Å². The van der Waals surface area contributed by atoms with Gasteiger partial charge in [-0.05, 0) is 42.8 Å². The van der Waals surface area contributed by atoms with E-state index in [4.69, 9.17) is 9.72 Å². The lowest BCUT2D eigenvalue weighted by Gasteiger charge is -2.17. The summed E-state index contributed by atoms with van der Waals surface area (Å²) in [6.45, 7) is 2.23. The number of benzene rings is 3. The van der Waals surface area contributed by atoms with Crippen LogP contribution in [0, 0.1) is 5.82 Å². The maximum Gasteiger partial charge on any atom is 0.224 e. The van der Waals surface area contributed by atoms with Crippen molar-refractivity contribution < 1.29 is 13.9 Å². The lowest BCUT2D eigenvalue weighted by Crippen LogP contribution is -2.30. The second-order valence-electron chi connectivity index (χ2n) is 7.45. The second-order valence-corrected chi connectivity index (χ2v) is 7.45. The second kappa shape index (κ2) is 9.00. The molecule has 0 bridgehead atoms. The smallest absolute Gasteiger partial charge is 0.224 e. The van der Waals surface area contributed by atoms with Gasteiger partial charge in [0.05, 0.1) is 37.2 Å². The van der Waals surface area contributed by atoms with E-state index in [1.165, 1.54) is 6.07 Å². The van der Waals surface area contributed by atoms with Gasteiger partial charge in [0.1, 0.15) is 17.4 Å². The van der Waals surface area contributed by atoms with Crippen LogP contribution in [0.5, 0.6) is 5.75 Å². The zero-order valence-electron chi connectivity index (χ0n) is 17.5. The van der Waals surface area contributed by atoms with Crippen LogP contribution in [0.15, 0.2) is 72.8 Å². The fraction of sp³-hybridized carbons (Fsp3) is 0.200. The number of carbonyl (C=O) groups excluding carboxylic acids is 1. The summed E-state index contributed by atoms with van der Waals surface area (Å²) < 4.78 is 21.4. The Hall–Kier alpha value is -3.67. The third kappa shape index (κ3) is 4.58. The van der Waals surface area contributed by atoms with Gasteiger partial charge in [-0.1, -0.05) is 42.5 Å². The van der Waals surface area contributed by atoms with Gasteiger partial charge >= 0.3 is 0 Å². The van der Waals surface area contributed by atoms with E-state index in [9.17, 15) is 9.18 Å². The van der Waals surface area contributed by atoms with Crippen LogP contribution in [0.2, 0.25) is 0 Å². The monoisotopic (exact) mass is 417 g/mol. The van der Waals surface area contributed by atoms with Gasteiger partial charge in [-0.15, -0.1) is 0 Å². The van der Waals surface area contributed by atoms with Gasteiger partial charge in [0, 0.05) is 5.56 Å². The van der Waals surface area contributed by atoms with Crippen LogP contribution in [0.25, 0.3) is 11.0 Å². The summed E-state index contributed by atoms with van der Waals surface area (Å²) in [5.41, 5.74) is 3.18. The number of rotatable bonds is 7. The number of para-hydroxylation sites is 2. The molecule has 0 aliphatic heterocycles. The molecule has 0 spiro atoms. The van der Waals surface area contributed by atoms with E-state index in [0.717, 1.165) is 22.3 Å². The van der Waals surface area contributed by atoms with Crippen LogP contribution in [-0.4, -0.2) is 22.6 Å². The number of nitrogens with zero attached hydrogens (tertiary/aromatic N) is 2. The summed E-state index contributed by atoms with van der Waals surface area (Å²) in [4.78, 5) is 17.4. The van der Waals surface area contributed by atoms with Crippen molar-refractivity contribution in [2.45, 2.75) is 25.9 Å². The van der Waals surface area contributed by atoms with Gasteiger partial charge in [0.25, 0.3) is 0 Å². The van der Waals surface area contributed by atoms with Gasteiger partial charge < -0.3 is 14.6 Å². The summed E-state index contributed by atoms with van der Waals surface area (Å²) in [5.74, 6) is 1.07. The number of fused-ring (bicyclic) bond motifs is 1. The SMILES string of the molecule is COc1ccc(CC(=O)NC(C)c2nc3ccccc3n2Cc2ccccc2F)cc1. The molecule has 1 unspecified atom stereocenters. The molecule has 1 amide bonds. The molecule has 31 heavy (non-hydrogen) atoms. The molecule has 158 valence electrons. The zero-order chi connectivity index (χ0) is 21.8. The van der Waals surface area contributed by atoms with Crippen LogP contribution in [-0.2, 0) is 17.8 Å². The van der Waals surface area contributed by atoms with Gasteiger partial charge in [0.2, 0.25) is 5.91 Å². The molecule has 6 heteroatoms. The van der Waals surface area contributed by atoms with Gasteiger partial charge in [-0.2, -0.15) is 0 Å². The van der Waals surface area contributed by atoms with Crippen molar-refractivity contribution in [3.63, 3.8) is 0 Å². The molecule has 1 atom stereocenters. The fourth-order valence-electron chi connectivity index (χ4n) is 3.67. The molecular weight excluding hydrogens is 393 g/mol. The minimum atomic E-state index is -0.343. The van der Waals surface area contributed by atoms with Crippen molar-refractivity contribution in [1.82, 2.24) is 14.9 Å². The summed E-state index contributed by atoms with van der Waals surface area (Å²) in [6, 6.07) is 21.5.